The first-order chi connectivity index (χ1) is 13.2. The molecule has 1 fully saturated rings. The van der Waals surface area contributed by atoms with E-state index in [9.17, 15) is 0 Å². The summed E-state index contributed by atoms with van der Waals surface area (Å²) < 4.78 is 11.3. The first kappa shape index (κ1) is 22.9. The smallest absolute Gasteiger partial charge is 0.191 e. The SMILES string of the molecule is CCNC(=NCC1(OC)CCOCC1)NC(C)c1cccc2ccccc12.I. The number of halogens is 1. The molecule has 1 aliphatic heterocycles. The van der Waals surface area contributed by atoms with Gasteiger partial charge in [0, 0.05) is 39.7 Å². The zero-order valence-corrected chi connectivity index (χ0v) is 19.4. The van der Waals surface area contributed by atoms with Crippen molar-refractivity contribution in [3.8, 4) is 0 Å². The van der Waals surface area contributed by atoms with Crippen LogP contribution in [0.3, 0.4) is 0 Å². The number of benzene rings is 2. The molecule has 2 N–H and O–H groups in total. The van der Waals surface area contributed by atoms with E-state index in [0.717, 1.165) is 38.6 Å². The Kier molecular flexibility index (Phi) is 8.98. The van der Waals surface area contributed by atoms with Gasteiger partial charge >= 0.3 is 0 Å². The molecule has 0 spiro atoms. The van der Waals surface area contributed by atoms with Crippen LogP contribution in [-0.4, -0.2) is 45.0 Å². The second-order valence-electron chi connectivity index (χ2n) is 7.13. The van der Waals surface area contributed by atoms with Crippen LogP contribution in [0.25, 0.3) is 10.8 Å². The molecular weight excluding hydrogens is 465 g/mol. The van der Waals surface area contributed by atoms with Crippen molar-refractivity contribution in [3.63, 3.8) is 0 Å². The third-order valence-corrected chi connectivity index (χ3v) is 5.35. The lowest BCUT2D eigenvalue weighted by Crippen LogP contribution is -2.44. The van der Waals surface area contributed by atoms with Crippen molar-refractivity contribution >= 4 is 40.7 Å². The minimum atomic E-state index is -0.219. The lowest BCUT2D eigenvalue weighted by molar-refractivity contribution is -0.0828. The van der Waals surface area contributed by atoms with E-state index in [1.165, 1.54) is 16.3 Å². The van der Waals surface area contributed by atoms with Gasteiger partial charge in [0.15, 0.2) is 5.96 Å². The molecule has 1 saturated heterocycles. The molecule has 0 radical (unpaired) electrons. The van der Waals surface area contributed by atoms with Crippen LogP contribution in [0, 0.1) is 0 Å². The highest BCUT2D eigenvalue weighted by Crippen LogP contribution is 2.26. The molecule has 1 heterocycles. The third-order valence-electron chi connectivity index (χ3n) is 5.35. The van der Waals surface area contributed by atoms with Gasteiger partial charge in [0.1, 0.15) is 0 Å². The lowest BCUT2D eigenvalue weighted by Gasteiger charge is -2.34. The number of methoxy groups -OCH3 is 1. The summed E-state index contributed by atoms with van der Waals surface area (Å²) in [4.78, 5) is 4.84. The van der Waals surface area contributed by atoms with Gasteiger partial charge in [0.05, 0.1) is 18.2 Å². The molecule has 5 nitrogen and oxygen atoms in total. The van der Waals surface area contributed by atoms with Gasteiger partial charge in [0.2, 0.25) is 0 Å². The first-order valence-electron chi connectivity index (χ1n) is 9.83. The third kappa shape index (κ3) is 5.58. The fraction of sp³-hybridized carbons (Fsp3) is 0.500. The molecule has 0 saturated carbocycles. The number of nitrogens with one attached hydrogen (secondary N) is 2. The second kappa shape index (κ2) is 11.0. The van der Waals surface area contributed by atoms with Crippen LogP contribution in [-0.2, 0) is 9.47 Å². The minimum Gasteiger partial charge on any atom is -0.381 e. The molecule has 1 atom stereocenters. The van der Waals surface area contributed by atoms with Crippen molar-refractivity contribution in [3.05, 3.63) is 48.0 Å². The van der Waals surface area contributed by atoms with Gasteiger partial charge in [-0.2, -0.15) is 0 Å². The number of ether oxygens (including phenoxy) is 2. The Morgan fingerprint density at radius 2 is 1.89 bits per heavy atom. The number of fused-ring (bicyclic) bond motifs is 1. The molecule has 28 heavy (non-hydrogen) atoms. The van der Waals surface area contributed by atoms with E-state index < -0.39 is 0 Å². The Morgan fingerprint density at radius 1 is 1.18 bits per heavy atom. The summed E-state index contributed by atoms with van der Waals surface area (Å²) in [5.74, 6) is 0.820. The van der Waals surface area contributed by atoms with E-state index in [4.69, 9.17) is 14.5 Å². The van der Waals surface area contributed by atoms with Gasteiger partial charge in [-0.05, 0) is 30.2 Å². The van der Waals surface area contributed by atoms with Crippen molar-refractivity contribution in [1.29, 1.82) is 0 Å². The largest absolute Gasteiger partial charge is 0.381 e. The van der Waals surface area contributed by atoms with Gasteiger partial charge < -0.3 is 20.1 Å². The number of nitrogens with zero attached hydrogens (tertiary/aromatic N) is 1. The van der Waals surface area contributed by atoms with Gasteiger partial charge in [-0.1, -0.05) is 42.5 Å². The molecule has 1 unspecified atom stereocenters. The van der Waals surface area contributed by atoms with Crippen molar-refractivity contribution in [1.82, 2.24) is 10.6 Å². The van der Waals surface area contributed by atoms with Crippen LogP contribution in [0.15, 0.2) is 47.5 Å². The maximum absolute atomic E-state index is 5.81. The summed E-state index contributed by atoms with van der Waals surface area (Å²) in [6, 6.07) is 15.1. The Bertz CT molecular complexity index is 770. The van der Waals surface area contributed by atoms with E-state index in [0.29, 0.717) is 6.54 Å². The molecule has 1 aliphatic rings. The number of guanidine groups is 1. The van der Waals surface area contributed by atoms with E-state index in [-0.39, 0.29) is 35.6 Å². The van der Waals surface area contributed by atoms with Crippen molar-refractivity contribution in [2.45, 2.75) is 38.3 Å². The zero-order valence-electron chi connectivity index (χ0n) is 17.0. The molecule has 0 aliphatic carbocycles. The topological polar surface area (TPSA) is 54.9 Å². The van der Waals surface area contributed by atoms with E-state index in [1.807, 2.05) is 0 Å². The average molecular weight is 497 g/mol. The first-order valence-corrected chi connectivity index (χ1v) is 9.83. The van der Waals surface area contributed by atoms with Crippen molar-refractivity contribution in [2.24, 2.45) is 4.99 Å². The quantitative estimate of drug-likeness (QED) is 0.356. The lowest BCUT2D eigenvalue weighted by atomic mass is 9.94. The van der Waals surface area contributed by atoms with Crippen LogP contribution in [0.4, 0.5) is 0 Å². The average Bonchev–Trinajstić information content (AvgIpc) is 2.72. The van der Waals surface area contributed by atoms with Crippen LogP contribution < -0.4 is 10.6 Å². The maximum Gasteiger partial charge on any atom is 0.191 e. The molecule has 3 rings (SSSR count). The Balaban J connectivity index is 0.00000280. The summed E-state index contributed by atoms with van der Waals surface area (Å²) in [5, 5.41) is 9.45. The molecule has 0 aromatic heterocycles. The Labute approximate surface area is 185 Å². The fourth-order valence-corrected chi connectivity index (χ4v) is 3.62. The standard InChI is InChI=1S/C22H31N3O2.HI/c1-4-23-21(24-16-22(26-3)12-14-27-15-13-22)25-17(2)19-11-7-9-18-8-5-6-10-20(18)19;/h5-11,17H,4,12-16H2,1-3H3,(H2,23,24,25);1H. The highest BCUT2D eigenvalue weighted by atomic mass is 127. The molecule has 0 bridgehead atoms. The summed E-state index contributed by atoms with van der Waals surface area (Å²) in [6.45, 7) is 7.18. The number of rotatable bonds is 6. The summed E-state index contributed by atoms with van der Waals surface area (Å²) in [7, 11) is 1.78. The Morgan fingerprint density at radius 3 is 2.61 bits per heavy atom. The maximum atomic E-state index is 5.81. The molecular formula is C22H32IN3O2. The molecule has 0 amide bonds. The van der Waals surface area contributed by atoms with Crippen molar-refractivity contribution in [2.75, 3.05) is 33.4 Å². The number of hydrogen-bond acceptors (Lipinski definition) is 3. The highest BCUT2D eigenvalue weighted by Gasteiger charge is 2.32. The highest BCUT2D eigenvalue weighted by molar-refractivity contribution is 14.0. The van der Waals surface area contributed by atoms with Gasteiger partial charge in [0.25, 0.3) is 0 Å². The second-order valence-corrected chi connectivity index (χ2v) is 7.13. The van der Waals surface area contributed by atoms with E-state index in [2.05, 4.69) is 66.9 Å². The normalized spacial score (nSPS) is 17.6. The Hall–Kier alpha value is -1.38. The predicted molar refractivity (Wildman–Crippen MR) is 127 cm³/mol. The summed E-state index contributed by atoms with van der Waals surface area (Å²) in [5.41, 5.74) is 1.05. The van der Waals surface area contributed by atoms with E-state index in [1.54, 1.807) is 7.11 Å². The minimum absolute atomic E-state index is 0. The number of aliphatic imine (C=N–C) groups is 1. The summed E-state index contributed by atoms with van der Waals surface area (Å²) in [6.07, 6.45) is 1.76. The molecule has 154 valence electrons. The molecule has 2 aromatic rings. The monoisotopic (exact) mass is 497 g/mol. The van der Waals surface area contributed by atoms with Gasteiger partial charge in [-0.25, -0.2) is 0 Å². The predicted octanol–water partition coefficient (Wildman–Crippen LogP) is 4.27. The molecule has 2 aromatic carbocycles. The zero-order chi connectivity index (χ0) is 19.1. The van der Waals surface area contributed by atoms with Crippen molar-refractivity contribution < 1.29 is 9.47 Å². The van der Waals surface area contributed by atoms with Crippen LogP contribution in [0.2, 0.25) is 0 Å². The van der Waals surface area contributed by atoms with Crippen LogP contribution >= 0.6 is 24.0 Å². The van der Waals surface area contributed by atoms with Crippen LogP contribution in [0.5, 0.6) is 0 Å². The van der Waals surface area contributed by atoms with Gasteiger partial charge in [-0.15, -0.1) is 24.0 Å². The van der Waals surface area contributed by atoms with Crippen LogP contribution in [0.1, 0.15) is 38.3 Å². The fourth-order valence-electron chi connectivity index (χ4n) is 3.62. The van der Waals surface area contributed by atoms with Gasteiger partial charge in [-0.3, -0.25) is 4.99 Å². The number of hydrogen-bond donors (Lipinski definition) is 2. The molecule has 6 heteroatoms. The van der Waals surface area contributed by atoms with E-state index >= 15 is 0 Å². The summed E-state index contributed by atoms with van der Waals surface area (Å²) >= 11 is 0.